The SMILES string of the molecule is CCc1onc(C)c1-c1cccc([C@H]2CN(C(=O)Cc3ccsc3)CCO2)n1. The van der Waals surface area contributed by atoms with Crippen LogP contribution in [0.15, 0.2) is 39.5 Å². The smallest absolute Gasteiger partial charge is 0.227 e. The van der Waals surface area contributed by atoms with Gasteiger partial charge in [-0.05, 0) is 41.4 Å². The van der Waals surface area contributed by atoms with Crippen LogP contribution in [-0.2, 0) is 22.4 Å². The van der Waals surface area contributed by atoms with Crippen LogP contribution in [0.1, 0.15) is 35.7 Å². The molecule has 0 aromatic carbocycles. The Balaban J connectivity index is 1.52. The molecule has 6 nitrogen and oxygen atoms in total. The summed E-state index contributed by atoms with van der Waals surface area (Å²) in [4.78, 5) is 19.4. The summed E-state index contributed by atoms with van der Waals surface area (Å²) < 4.78 is 11.4. The first-order valence-corrected chi connectivity index (χ1v) is 10.4. The molecule has 4 rings (SSSR count). The van der Waals surface area contributed by atoms with Crippen LogP contribution in [0, 0.1) is 6.92 Å². The first-order chi connectivity index (χ1) is 13.7. The Morgan fingerprint density at radius 1 is 1.36 bits per heavy atom. The topological polar surface area (TPSA) is 68.5 Å². The second-order valence-electron chi connectivity index (χ2n) is 6.87. The molecule has 0 unspecified atom stereocenters. The Bertz CT molecular complexity index is 952. The maximum Gasteiger partial charge on any atom is 0.227 e. The number of pyridine rings is 1. The predicted octanol–water partition coefficient (Wildman–Crippen LogP) is 3.81. The van der Waals surface area contributed by atoms with Gasteiger partial charge in [-0.3, -0.25) is 4.79 Å². The molecule has 1 amide bonds. The van der Waals surface area contributed by atoms with Gasteiger partial charge >= 0.3 is 0 Å². The second-order valence-corrected chi connectivity index (χ2v) is 7.66. The molecular weight excluding hydrogens is 374 g/mol. The third-order valence-corrected chi connectivity index (χ3v) is 5.70. The third kappa shape index (κ3) is 3.86. The van der Waals surface area contributed by atoms with E-state index in [1.807, 2.05) is 53.8 Å². The fourth-order valence-electron chi connectivity index (χ4n) is 3.49. The molecule has 1 aliphatic heterocycles. The minimum atomic E-state index is -0.231. The summed E-state index contributed by atoms with van der Waals surface area (Å²) in [5.41, 5.74) is 4.50. The van der Waals surface area contributed by atoms with Crippen LogP contribution in [0.25, 0.3) is 11.3 Å². The fourth-order valence-corrected chi connectivity index (χ4v) is 4.16. The molecule has 1 atom stereocenters. The number of thiophene rings is 1. The largest absolute Gasteiger partial charge is 0.368 e. The van der Waals surface area contributed by atoms with E-state index in [1.54, 1.807) is 11.3 Å². The molecular formula is C21H23N3O3S. The zero-order chi connectivity index (χ0) is 19.5. The Hall–Kier alpha value is -2.51. The number of morpholine rings is 1. The number of carbonyl (C=O) groups excluding carboxylic acids is 1. The molecule has 3 aromatic heterocycles. The number of rotatable bonds is 5. The predicted molar refractivity (Wildman–Crippen MR) is 107 cm³/mol. The van der Waals surface area contributed by atoms with E-state index in [9.17, 15) is 4.79 Å². The van der Waals surface area contributed by atoms with E-state index in [4.69, 9.17) is 14.2 Å². The first-order valence-electron chi connectivity index (χ1n) is 9.48. The van der Waals surface area contributed by atoms with E-state index in [-0.39, 0.29) is 12.0 Å². The minimum Gasteiger partial charge on any atom is -0.368 e. The summed E-state index contributed by atoms with van der Waals surface area (Å²) in [7, 11) is 0. The summed E-state index contributed by atoms with van der Waals surface area (Å²) in [5, 5.41) is 8.10. The van der Waals surface area contributed by atoms with Crippen molar-refractivity contribution in [1.82, 2.24) is 15.0 Å². The van der Waals surface area contributed by atoms with Gasteiger partial charge in [0.2, 0.25) is 5.91 Å². The maximum atomic E-state index is 12.7. The van der Waals surface area contributed by atoms with E-state index < -0.39 is 0 Å². The van der Waals surface area contributed by atoms with E-state index >= 15 is 0 Å². The number of amides is 1. The van der Waals surface area contributed by atoms with Gasteiger partial charge in [-0.1, -0.05) is 18.1 Å². The van der Waals surface area contributed by atoms with E-state index in [0.29, 0.717) is 26.1 Å². The number of carbonyl (C=O) groups is 1. The average molecular weight is 398 g/mol. The van der Waals surface area contributed by atoms with Crippen molar-refractivity contribution in [3.05, 3.63) is 57.7 Å². The number of hydrogen-bond donors (Lipinski definition) is 0. The number of nitrogens with zero attached hydrogens (tertiary/aromatic N) is 3. The first kappa shape index (κ1) is 18.8. The molecule has 0 radical (unpaired) electrons. The van der Waals surface area contributed by atoms with Crippen LogP contribution in [0.2, 0.25) is 0 Å². The molecule has 0 aliphatic carbocycles. The molecule has 0 saturated carbocycles. The highest BCUT2D eigenvalue weighted by atomic mass is 32.1. The lowest BCUT2D eigenvalue weighted by Gasteiger charge is -2.32. The summed E-state index contributed by atoms with van der Waals surface area (Å²) >= 11 is 1.61. The number of aryl methyl sites for hydroxylation is 2. The highest BCUT2D eigenvalue weighted by Crippen LogP contribution is 2.29. The molecule has 0 N–H and O–H groups in total. The average Bonchev–Trinajstić information content (AvgIpc) is 3.37. The van der Waals surface area contributed by atoms with Gasteiger partial charge in [0.25, 0.3) is 0 Å². The Morgan fingerprint density at radius 3 is 3.04 bits per heavy atom. The van der Waals surface area contributed by atoms with Gasteiger partial charge in [-0.15, -0.1) is 0 Å². The molecule has 4 heterocycles. The van der Waals surface area contributed by atoms with E-state index in [1.165, 1.54) is 0 Å². The maximum absolute atomic E-state index is 12.7. The normalized spacial score (nSPS) is 17.1. The number of hydrogen-bond acceptors (Lipinski definition) is 6. The molecule has 3 aromatic rings. The highest BCUT2D eigenvalue weighted by Gasteiger charge is 2.27. The van der Waals surface area contributed by atoms with Crippen LogP contribution in [0.3, 0.4) is 0 Å². The molecule has 0 bridgehead atoms. The van der Waals surface area contributed by atoms with Gasteiger partial charge < -0.3 is 14.2 Å². The summed E-state index contributed by atoms with van der Waals surface area (Å²) in [6.45, 7) is 5.61. The summed E-state index contributed by atoms with van der Waals surface area (Å²) in [5.74, 6) is 0.963. The van der Waals surface area contributed by atoms with Crippen LogP contribution in [-0.4, -0.2) is 40.6 Å². The van der Waals surface area contributed by atoms with Crippen LogP contribution in [0.5, 0.6) is 0 Å². The standard InChI is InChI=1S/C21H23N3O3S/c1-3-18-21(14(2)23-27-18)17-6-4-5-16(22-17)19-12-24(8-9-26-19)20(25)11-15-7-10-28-13-15/h4-7,10,13,19H,3,8-9,11-12H2,1-2H3/t19-/m1/s1. The highest BCUT2D eigenvalue weighted by molar-refractivity contribution is 7.08. The van der Waals surface area contributed by atoms with Gasteiger partial charge in [0.05, 0.1) is 42.2 Å². The van der Waals surface area contributed by atoms with Crippen molar-refractivity contribution in [2.75, 3.05) is 19.7 Å². The molecule has 0 spiro atoms. The Kier molecular flexibility index (Phi) is 5.54. The lowest BCUT2D eigenvalue weighted by Crippen LogP contribution is -2.43. The lowest BCUT2D eigenvalue weighted by atomic mass is 10.1. The molecule has 7 heteroatoms. The van der Waals surface area contributed by atoms with Crippen molar-refractivity contribution in [2.45, 2.75) is 32.8 Å². The van der Waals surface area contributed by atoms with E-state index in [0.717, 1.165) is 40.4 Å². The van der Waals surface area contributed by atoms with Crippen molar-refractivity contribution in [1.29, 1.82) is 0 Å². The summed E-state index contributed by atoms with van der Waals surface area (Å²) in [6, 6.07) is 7.89. The second kappa shape index (κ2) is 8.24. The molecule has 1 fully saturated rings. The van der Waals surface area contributed by atoms with Gasteiger partial charge in [-0.2, -0.15) is 11.3 Å². The number of aromatic nitrogens is 2. The minimum absolute atomic E-state index is 0.131. The molecule has 1 aliphatic rings. The fraction of sp³-hybridized carbons (Fsp3) is 0.381. The molecule has 28 heavy (non-hydrogen) atoms. The van der Waals surface area contributed by atoms with Crippen molar-refractivity contribution in [3.63, 3.8) is 0 Å². The monoisotopic (exact) mass is 397 g/mol. The van der Waals surface area contributed by atoms with Gasteiger partial charge in [0.1, 0.15) is 11.9 Å². The van der Waals surface area contributed by atoms with Gasteiger partial charge in [-0.25, -0.2) is 4.98 Å². The third-order valence-electron chi connectivity index (χ3n) is 4.97. The lowest BCUT2D eigenvalue weighted by molar-refractivity contribution is -0.138. The van der Waals surface area contributed by atoms with Crippen molar-refractivity contribution >= 4 is 17.2 Å². The molecule has 1 saturated heterocycles. The Labute approximate surface area is 168 Å². The van der Waals surface area contributed by atoms with E-state index in [2.05, 4.69) is 5.16 Å². The summed E-state index contributed by atoms with van der Waals surface area (Å²) in [6.07, 6.45) is 0.960. The van der Waals surface area contributed by atoms with Crippen molar-refractivity contribution < 1.29 is 14.1 Å². The van der Waals surface area contributed by atoms with Crippen molar-refractivity contribution in [2.24, 2.45) is 0 Å². The quantitative estimate of drug-likeness (QED) is 0.655. The van der Waals surface area contributed by atoms with Crippen LogP contribution >= 0.6 is 11.3 Å². The molecule has 146 valence electrons. The van der Waals surface area contributed by atoms with Crippen LogP contribution in [0.4, 0.5) is 0 Å². The number of ether oxygens (including phenoxy) is 1. The Morgan fingerprint density at radius 2 is 2.25 bits per heavy atom. The van der Waals surface area contributed by atoms with Crippen LogP contribution < -0.4 is 0 Å². The van der Waals surface area contributed by atoms with Gasteiger partial charge in [0.15, 0.2) is 0 Å². The van der Waals surface area contributed by atoms with Gasteiger partial charge in [0, 0.05) is 13.0 Å². The zero-order valence-electron chi connectivity index (χ0n) is 16.1. The zero-order valence-corrected chi connectivity index (χ0v) is 16.9. The van der Waals surface area contributed by atoms with Crippen molar-refractivity contribution in [3.8, 4) is 11.3 Å².